The number of amides is 1. The number of nitrogens with one attached hydrogen (secondary N) is 1. The Kier molecular flexibility index (Phi) is 3.01. The van der Waals surface area contributed by atoms with Crippen molar-refractivity contribution in [3.63, 3.8) is 0 Å². The molecule has 1 atom stereocenters. The summed E-state index contributed by atoms with van der Waals surface area (Å²) in [7, 11) is -3.07. The minimum atomic E-state index is -3.07. The minimum Gasteiger partial charge on any atom is -0.379 e. The van der Waals surface area contributed by atoms with Gasteiger partial charge in [-0.1, -0.05) is 0 Å². The van der Waals surface area contributed by atoms with E-state index in [0.29, 0.717) is 12.8 Å². The highest BCUT2D eigenvalue weighted by atomic mass is 32.2. The first-order chi connectivity index (χ1) is 8.00. The lowest BCUT2D eigenvalue weighted by molar-refractivity contribution is 0.0944. The zero-order chi connectivity index (χ0) is 12.5. The maximum atomic E-state index is 11.5. The Morgan fingerprint density at radius 2 is 2.29 bits per heavy atom. The largest absolute Gasteiger partial charge is 0.379 e. The number of hydrogen-bond acceptors (Lipinski definition) is 7. The third kappa shape index (κ3) is 2.38. The first-order valence-corrected chi connectivity index (χ1v) is 6.80. The lowest BCUT2D eigenvalue weighted by atomic mass is 10.2. The van der Waals surface area contributed by atoms with Crippen LogP contribution in [0.4, 0.5) is 5.82 Å². The van der Waals surface area contributed by atoms with Gasteiger partial charge < -0.3 is 11.1 Å². The van der Waals surface area contributed by atoms with E-state index >= 15 is 0 Å². The van der Waals surface area contributed by atoms with E-state index in [1.165, 1.54) is 0 Å². The lowest BCUT2D eigenvalue weighted by Crippen LogP contribution is -2.35. The Morgan fingerprint density at radius 3 is 2.82 bits per heavy atom. The van der Waals surface area contributed by atoms with E-state index < -0.39 is 21.0 Å². The molecule has 1 aliphatic heterocycles. The zero-order valence-corrected chi connectivity index (χ0v) is 9.74. The van der Waals surface area contributed by atoms with E-state index in [1.54, 1.807) is 0 Å². The molecule has 1 aromatic heterocycles. The van der Waals surface area contributed by atoms with Gasteiger partial charge in [-0.2, -0.15) is 0 Å². The predicted octanol–water partition coefficient (Wildman–Crippen LogP) is -1.04. The average molecular weight is 260 g/mol. The summed E-state index contributed by atoms with van der Waals surface area (Å²) in [6, 6.07) is 0. The summed E-state index contributed by atoms with van der Waals surface area (Å²) in [5.74, 6) is -0.510. The number of sulfone groups is 1. The molecule has 17 heavy (non-hydrogen) atoms. The molecule has 1 unspecified atom stereocenters. The Morgan fingerprint density at radius 1 is 1.53 bits per heavy atom. The van der Waals surface area contributed by atoms with Crippen LogP contribution in [-0.4, -0.2) is 42.2 Å². The van der Waals surface area contributed by atoms with E-state index in [9.17, 15) is 13.2 Å². The number of anilines is 1. The molecule has 0 bridgehead atoms. The highest BCUT2D eigenvalue weighted by Crippen LogP contribution is 2.19. The summed E-state index contributed by atoms with van der Waals surface area (Å²) >= 11 is 0. The number of nitrogen functional groups attached to an aromatic ring is 1. The van der Waals surface area contributed by atoms with Gasteiger partial charge in [-0.15, -0.1) is 0 Å². The Balaban J connectivity index is 1.96. The van der Waals surface area contributed by atoms with Gasteiger partial charge in [0.15, 0.2) is 9.84 Å². The van der Waals surface area contributed by atoms with E-state index in [1.807, 2.05) is 0 Å². The molecule has 0 aromatic carbocycles. The van der Waals surface area contributed by atoms with Crippen LogP contribution in [0.15, 0.2) is 4.63 Å². The van der Waals surface area contributed by atoms with Gasteiger partial charge in [0.25, 0.3) is 5.91 Å². The second-order valence-electron chi connectivity index (χ2n) is 3.84. The van der Waals surface area contributed by atoms with Crippen molar-refractivity contribution in [2.75, 3.05) is 18.0 Å². The van der Waals surface area contributed by atoms with Crippen molar-refractivity contribution in [1.29, 1.82) is 0 Å². The number of hydrogen-bond donors (Lipinski definition) is 2. The molecule has 1 saturated heterocycles. The predicted molar refractivity (Wildman–Crippen MR) is 57.9 cm³/mol. The molecule has 1 amide bonds. The quantitative estimate of drug-likeness (QED) is 0.710. The Hall–Kier alpha value is -1.64. The minimum absolute atomic E-state index is 0.0630. The van der Waals surface area contributed by atoms with E-state index in [-0.39, 0.29) is 23.8 Å². The molecule has 1 aliphatic rings. The molecule has 2 rings (SSSR count). The monoisotopic (exact) mass is 260 g/mol. The molecule has 0 aliphatic carbocycles. The molecule has 1 fully saturated rings. The normalized spacial score (nSPS) is 22.5. The van der Waals surface area contributed by atoms with Crippen molar-refractivity contribution in [2.45, 2.75) is 18.1 Å². The van der Waals surface area contributed by atoms with Crippen molar-refractivity contribution >= 4 is 21.6 Å². The van der Waals surface area contributed by atoms with Gasteiger partial charge in [-0.3, -0.25) is 4.79 Å². The summed E-state index contributed by atoms with van der Waals surface area (Å²) in [6.07, 6.45) is 1.20. The fraction of sp³-hybridized carbons (Fsp3) is 0.625. The van der Waals surface area contributed by atoms with Gasteiger partial charge in [0.1, 0.15) is 0 Å². The molecule has 0 radical (unpaired) electrons. The molecular weight excluding hydrogens is 248 g/mol. The molecule has 94 valence electrons. The molecule has 9 heteroatoms. The van der Waals surface area contributed by atoms with Gasteiger partial charge in [0, 0.05) is 6.54 Å². The summed E-state index contributed by atoms with van der Waals surface area (Å²) in [5, 5.41) is 8.53. The second kappa shape index (κ2) is 4.32. The third-order valence-corrected chi connectivity index (χ3v) is 4.96. The van der Waals surface area contributed by atoms with Crippen molar-refractivity contribution in [3.8, 4) is 0 Å². The van der Waals surface area contributed by atoms with Crippen molar-refractivity contribution in [3.05, 3.63) is 5.69 Å². The van der Waals surface area contributed by atoms with Gasteiger partial charge in [-0.25, -0.2) is 13.0 Å². The first kappa shape index (κ1) is 11.8. The van der Waals surface area contributed by atoms with Crippen molar-refractivity contribution in [1.82, 2.24) is 15.6 Å². The van der Waals surface area contributed by atoms with Crippen LogP contribution in [-0.2, 0) is 9.84 Å². The van der Waals surface area contributed by atoms with Gasteiger partial charge in [0.05, 0.1) is 11.0 Å². The Bertz CT molecular complexity index is 523. The average Bonchev–Trinajstić information content (AvgIpc) is 2.81. The molecule has 8 nitrogen and oxygen atoms in total. The highest BCUT2D eigenvalue weighted by molar-refractivity contribution is 7.92. The number of carbonyl (C=O) groups is 1. The van der Waals surface area contributed by atoms with Crippen LogP contribution in [0.3, 0.4) is 0 Å². The fourth-order valence-electron chi connectivity index (χ4n) is 1.73. The molecule has 0 saturated carbocycles. The smallest absolute Gasteiger partial charge is 0.277 e. The molecule has 0 spiro atoms. The number of aromatic nitrogens is 2. The van der Waals surface area contributed by atoms with Gasteiger partial charge in [0.2, 0.25) is 11.5 Å². The summed E-state index contributed by atoms with van der Waals surface area (Å²) in [6.45, 7) is 0.0630. The number of rotatable bonds is 3. The molecule has 3 N–H and O–H groups in total. The van der Waals surface area contributed by atoms with E-state index in [2.05, 4.69) is 20.3 Å². The summed E-state index contributed by atoms with van der Waals surface area (Å²) in [4.78, 5) is 11.5. The number of carbonyl (C=O) groups excluding carboxylic acids is 1. The SMILES string of the molecule is Nc1nonc1C(=O)NCC1CCCS1(=O)=O. The topological polar surface area (TPSA) is 128 Å². The van der Waals surface area contributed by atoms with Crippen LogP contribution in [0, 0.1) is 0 Å². The fourth-order valence-corrected chi connectivity index (χ4v) is 3.50. The molecule has 2 heterocycles. The summed E-state index contributed by atoms with van der Waals surface area (Å²) in [5.41, 5.74) is 5.21. The molecular formula is C8H12N4O4S. The number of nitrogens with zero attached hydrogens (tertiary/aromatic N) is 2. The maximum absolute atomic E-state index is 11.5. The standard InChI is InChI=1S/C8H12N4O4S/c9-7-6(11-16-12-7)8(13)10-4-5-2-1-3-17(5,14)15/h5H,1-4H2,(H2,9,12)(H,10,13). The van der Waals surface area contributed by atoms with Crippen molar-refractivity contribution < 1.29 is 17.8 Å². The van der Waals surface area contributed by atoms with Crippen molar-refractivity contribution in [2.24, 2.45) is 0 Å². The number of nitrogens with two attached hydrogens (primary N) is 1. The van der Waals surface area contributed by atoms with Gasteiger partial charge in [-0.05, 0) is 23.2 Å². The van der Waals surface area contributed by atoms with Crippen LogP contribution >= 0.6 is 0 Å². The zero-order valence-electron chi connectivity index (χ0n) is 8.92. The van der Waals surface area contributed by atoms with Crippen LogP contribution in [0.5, 0.6) is 0 Å². The lowest BCUT2D eigenvalue weighted by Gasteiger charge is -2.09. The highest BCUT2D eigenvalue weighted by Gasteiger charge is 2.31. The van der Waals surface area contributed by atoms with Crippen LogP contribution in [0.1, 0.15) is 23.3 Å². The Labute approximate surface area is 97.4 Å². The van der Waals surface area contributed by atoms with Crippen LogP contribution < -0.4 is 11.1 Å². The molecule has 1 aromatic rings. The van der Waals surface area contributed by atoms with E-state index in [0.717, 1.165) is 0 Å². The van der Waals surface area contributed by atoms with Crippen LogP contribution in [0.25, 0.3) is 0 Å². The van der Waals surface area contributed by atoms with E-state index in [4.69, 9.17) is 5.73 Å². The maximum Gasteiger partial charge on any atom is 0.277 e. The van der Waals surface area contributed by atoms with Gasteiger partial charge >= 0.3 is 0 Å². The second-order valence-corrected chi connectivity index (χ2v) is 6.24. The third-order valence-electron chi connectivity index (χ3n) is 2.68. The summed E-state index contributed by atoms with van der Waals surface area (Å²) < 4.78 is 27.3. The van der Waals surface area contributed by atoms with Crippen LogP contribution in [0.2, 0.25) is 0 Å². The first-order valence-electron chi connectivity index (χ1n) is 5.08.